The summed E-state index contributed by atoms with van der Waals surface area (Å²) in [5.74, 6) is 2.30. The van der Waals surface area contributed by atoms with E-state index in [1.807, 2.05) is 37.3 Å². The number of methoxy groups -OCH3 is 2. The van der Waals surface area contributed by atoms with Crippen molar-refractivity contribution in [3.63, 3.8) is 0 Å². The summed E-state index contributed by atoms with van der Waals surface area (Å²) in [4.78, 5) is 0. The van der Waals surface area contributed by atoms with Gasteiger partial charge in [0.2, 0.25) is 0 Å². The fourth-order valence-electron chi connectivity index (χ4n) is 4.37. The Morgan fingerprint density at radius 3 is 1.78 bits per heavy atom. The number of thioether (sulfide) groups is 1. The van der Waals surface area contributed by atoms with Gasteiger partial charge in [0.25, 0.3) is 0 Å². The summed E-state index contributed by atoms with van der Waals surface area (Å²) in [7, 11) is 3.36. The molecule has 3 aromatic rings. The molecule has 1 heterocycles. The van der Waals surface area contributed by atoms with Crippen LogP contribution in [0.5, 0.6) is 11.5 Å². The summed E-state index contributed by atoms with van der Waals surface area (Å²) in [6, 6.07) is 27.0. The first-order valence-electron chi connectivity index (χ1n) is 10.9. The third-order valence-electron chi connectivity index (χ3n) is 6.05. The highest BCUT2D eigenvalue weighted by atomic mass is 32.2. The molecule has 0 amide bonds. The van der Waals surface area contributed by atoms with E-state index >= 15 is 0 Å². The zero-order valence-corrected chi connectivity index (χ0v) is 19.5. The van der Waals surface area contributed by atoms with E-state index < -0.39 is 10.9 Å². The Labute approximate surface area is 194 Å². The number of hydrogen-bond donors (Lipinski definition) is 1. The number of aliphatic hydroxyl groups is 1. The Hall–Kier alpha value is -2.47. The minimum Gasteiger partial charge on any atom is -0.497 e. The van der Waals surface area contributed by atoms with Crippen LogP contribution in [0.1, 0.15) is 30.0 Å². The van der Waals surface area contributed by atoms with E-state index in [9.17, 15) is 5.11 Å². The Morgan fingerprint density at radius 2 is 1.34 bits per heavy atom. The van der Waals surface area contributed by atoms with E-state index in [0.717, 1.165) is 22.6 Å². The second-order valence-corrected chi connectivity index (χ2v) is 9.34. The van der Waals surface area contributed by atoms with Gasteiger partial charge in [-0.1, -0.05) is 54.6 Å². The maximum Gasteiger partial charge on any atom is 0.118 e. The van der Waals surface area contributed by atoms with Gasteiger partial charge in [-0.25, -0.2) is 0 Å². The molecule has 1 N–H and O–H groups in total. The van der Waals surface area contributed by atoms with Crippen LogP contribution in [0.4, 0.5) is 0 Å². The maximum absolute atomic E-state index is 10.5. The van der Waals surface area contributed by atoms with Crippen LogP contribution in [-0.4, -0.2) is 43.4 Å². The van der Waals surface area contributed by atoms with E-state index in [4.69, 9.17) is 14.2 Å². The maximum atomic E-state index is 10.5. The molecule has 0 saturated carbocycles. The fourth-order valence-corrected chi connectivity index (χ4v) is 5.99. The van der Waals surface area contributed by atoms with Crippen molar-refractivity contribution in [2.45, 2.75) is 36.4 Å². The molecule has 0 aromatic heterocycles. The van der Waals surface area contributed by atoms with Crippen LogP contribution in [0.3, 0.4) is 0 Å². The second kappa shape index (κ2) is 9.99. The molecule has 32 heavy (non-hydrogen) atoms. The Bertz CT molecular complexity index is 941. The molecule has 3 unspecified atom stereocenters. The van der Waals surface area contributed by atoms with Crippen molar-refractivity contribution in [1.29, 1.82) is 0 Å². The van der Waals surface area contributed by atoms with Crippen molar-refractivity contribution in [2.75, 3.05) is 20.0 Å². The molecule has 3 aromatic carbocycles. The first-order chi connectivity index (χ1) is 15.6. The minimum absolute atomic E-state index is 0.0729. The van der Waals surface area contributed by atoms with E-state index in [1.54, 1.807) is 26.0 Å². The smallest absolute Gasteiger partial charge is 0.118 e. The number of benzene rings is 3. The van der Waals surface area contributed by atoms with Gasteiger partial charge in [0.15, 0.2) is 0 Å². The fraction of sp³-hybridized carbons (Fsp3) is 0.333. The molecule has 1 fully saturated rings. The topological polar surface area (TPSA) is 47.9 Å². The molecule has 5 heteroatoms. The van der Waals surface area contributed by atoms with Crippen molar-refractivity contribution in [3.8, 4) is 11.5 Å². The van der Waals surface area contributed by atoms with Crippen molar-refractivity contribution in [1.82, 2.24) is 0 Å². The Balaban J connectivity index is 1.84. The molecule has 0 aliphatic carbocycles. The Kier molecular flexibility index (Phi) is 7.09. The molecule has 1 saturated heterocycles. The number of rotatable bonds is 8. The summed E-state index contributed by atoms with van der Waals surface area (Å²) >= 11 is 1.79. The predicted molar refractivity (Wildman–Crippen MR) is 130 cm³/mol. The molecular weight excluding hydrogens is 420 g/mol. The van der Waals surface area contributed by atoms with E-state index in [1.165, 1.54) is 5.56 Å². The second-order valence-electron chi connectivity index (χ2n) is 8.10. The zero-order chi connectivity index (χ0) is 22.6. The third-order valence-corrected chi connectivity index (χ3v) is 7.68. The van der Waals surface area contributed by atoms with Crippen LogP contribution >= 0.6 is 11.8 Å². The standard InChI is InChI=1S/C27H30O4S/c1-19-17-25(28)26(31-19)18-32-27(20-7-5-4-6-8-20,21-9-13-23(29-2)14-10-21)22-11-15-24(30-3)16-12-22/h4-16,19,25-26,28H,17-18H2,1-3H3. The van der Waals surface area contributed by atoms with Gasteiger partial charge in [0.05, 0.1) is 37.3 Å². The van der Waals surface area contributed by atoms with Crippen molar-refractivity contribution in [3.05, 3.63) is 95.6 Å². The average Bonchev–Trinajstić information content (AvgIpc) is 3.17. The SMILES string of the molecule is COc1ccc(C(SCC2OC(C)CC2O)(c2ccccc2)c2ccc(OC)cc2)cc1. The lowest BCUT2D eigenvalue weighted by atomic mass is 9.84. The highest BCUT2D eigenvalue weighted by Gasteiger charge is 2.40. The molecule has 168 valence electrons. The molecule has 4 rings (SSSR count). The van der Waals surface area contributed by atoms with Gasteiger partial charge in [-0.15, -0.1) is 11.8 Å². The largest absolute Gasteiger partial charge is 0.497 e. The molecule has 1 aliphatic heterocycles. The van der Waals surface area contributed by atoms with E-state index in [-0.39, 0.29) is 12.2 Å². The molecule has 4 nitrogen and oxygen atoms in total. The summed E-state index contributed by atoms with van der Waals surface area (Å²) < 4.78 is 16.4. The molecule has 0 radical (unpaired) electrons. The van der Waals surface area contributed by atoms with Crippen molar-refractivity contribution in [2.24, 2.45) is 0 Å². The van der Waals surface area contributed by atoms with Crippen molar-refractivity contribution < 1.29 is 19.3 Å². The van der Waals surface area contributed by atoms with Gasteiger partial charge in [-0.2, -0.15) is 0 Å². The van der Waals surface area contributed by atoms with Crippen LogP contribution < -0.4 is 9.47 Å². The van der Waals surface area contributed by atoms with E-state index in [2.05, 4.69) is 48.5 Å². The lowest BCUT2D eigenvalue weighted by Crippen LogP contribution is -2.31. The first kappa shape index (κ1) is 22.7. The van der Waals surface area contributed by atoms with E-state index in [0.29, 0.717) is 12.2 Å². The number of ether oxygens (including phenoxy) is 3. The number of aliphatic hydroxyl groups excluding tert-OH is 1. The molecule has 1 aliphatic rings. The highest BCUT2D eigenvalue weighted by molar-refractivity contribution is 8.00. The predicted octanol–water partition coefficient (Wildman–Crippen LogP) is 5.27. The van der Waals surface area contributed by atoms with Gasteiger partial charge in [0.1, 0.15) is 11.5 Å². The summed E-state index contributed by atoms with van der Waals surface area (Å²) in [5.41, 5.74) is 3.45. The third kappa shape index (κ3) is 4.51. The van der Waals surface area contributed by atoms with Crippen molar-refractivity contribution >= 4 is 11.8 Å². The van der Waals surface area contributed by atoms with Crippen LogP contribution in [-0.2, 0) is 9.48 Å². The van der Waals surface area contributed by atoms with Gasteiger partial charge >= 0.3 is 0 Å². The minimum atomic E-state index is -0.491. The highest BCUT2D eigenvalue weighted by Crippen LogP contribution is 2.50. The Morgan fingerprint density at radius 1 is 0.844 bits per heavy atom. The zero-order valence-electron chi connectivity index (χ0n) is 18.7. The van der Waals surface area contributed by atoms with Crippen LogP contribution in [0, 0.1) is 0 Å². The van der Waals surface area contributed by atoms with Gasteiger partial charge in [-0.05, 0) is 47.9 Å². The van der Waals surface area contributed by atoms with Gasteiger partial charge < -0.3 is 19.3 Å². The average molecular weight is 451 g/mol. The lowest BCUT2D eigenvalue weighted by molar-refractivity contribution is 0.0316. The molecular formula is C27H30O4S. The van der Waals surface area contributed by atoms with Gasteiger partial charge in [-0.3, -0.25) is 0 Å². The summed E-state index contributed by atoms with van der Waals surface area (Å²) in [6.45, 7) is 2.02. The molecule has 0 spiro atoms. The van der Waals surface area contributed by atoms with Crippen LogP contribution in [0.2, 0.25) is 0 Å². The van der Waals surface area contributed by atoms with Gasteiger partial charge in [0, 0.05) is 12.2 Å². The summed E-state index contributed by atoms with van der Waals surface area (Å²) in [5, 5.41) is 10.5. The molecule has 3 atom stereocenters. The quantitative estimate of drug-likeness (QED) is 0.474. The lowest BCUT2D eigenvalue weighted by Gasteiger charge is -2.36. The normalized spacial score (nSPS) is 20.8. The van der Waals surface area contributed by atoms with Crippen LogP contribution in [0.15, 0.2) is 78.9 Å². The molecule has 0 bridgehead atoms. The first-order valence-corrected chi connectivity index (χ1v) is 11.9. The van der Waals surface area contributed by atoms with Crippen LogP contribution in [0.25, 0.3) is 0 Å². The summed E-state index contributed by atoms with van der Waals surface area (Å²) in [6.07, 6.45) is 0.102. The monoisotopic (exact) mass is 450 g/mol. The number of hydrogen-bond acceptors (Lipinski definition) is 5.